The lowest BCUT2D eigenvalue weighted by Crippen LogP contribution is -2.48. The fourth-order valence-electron chi connectivity index (χ4n) is 2.51. The lowest BCUT2D eigenvalue weighted by atomic mass is 9.99. The molecule has 1 saturated heterocycles. The monoisotopic (exact) mass is 386 g/mol. The summed E-state index contributed by atoms with van der Waals surface area (Å²) in [6.45, 7) is 0.339. The highest BCUT2D eigenvalue weighted by atomic mass is 79.9. The number of benzene rings is 1. The first kappa shape index (κ1) is 15.3. The number of nitrogens with zero attached hydrogens (tertiary/aromatic N) is 4. The van der Waals surface area contributed by atoms with Crippen molar-refractivity contribution in [2.75, 3.05) is 18.0 Å². The SMILES string of the molecule is Cn1ncc(Br)c1-c1c(F)c(Cl)cc(N2CC(F)C2)c1C#N. The zero-order valence-electron chi connectivity index (χ0n) is 11.4. The lowest BCUT2D eigenvalue weighted by Gasteiger charge is -2.37. The molecule has 0 aliphatic carbocycles. The van der Waals surface area contributed by atoms with E-state index in [1.165, 1.54) is 16.9 Å². The van der Waals surface area contributed by atoms with Gasteiger partial charge in [0.1, 0.15) is 12.2 Å². The summed E-state index contributed by atoms with van der Waals surface area (Å²) in [5.41, 5.74) is 1.04. The van der Waals surface area contributed by atoms with Crippen LogP contribution in [0.15, 0.2) is 16.7 Å². The number of hydrogen-bond acceptors (Lipinski definition) is 3. The largest absolute Gasteiger partial charge is 0.364 e. The minimum absolute atomic E-state index is 0.0687. The molecule has 0 spiro atoms. The highest BCUT2D eigenvalue weighted by molar-refractivity contribution is 9.10. The zero-order chi connectivity index (χ0) is 16.0. The molecule has 0 unspecified atom stereocenters. The van der Waals surface area contributed by atoms with Crippen molar-refractivity contribution in [2.45, 2.75) is 6.17 Å². The second-order valence-corrected chi connectivity index (χ2v) is 6.28. The van der Waals surface area contributed by atoms with Gasteiger partial charge in [-0.3, -0.25) is 4.68 Å². The van der Waals surface area contributed by atoms with Crippen LogP contribution in [0.25, 0.3) is 11.3 Å². The van der Waals surface area contributed by atoms with Crippen molar-refractivity contribution in [1.29, 1.82) is 5.26 Å². The van der Waals surface area contributed by atoms with Crippen molar-refractivity contribution in [3.8, 4) is 17.3 Å². The van der Waals surface area contributed by atoms with Crippen LogP contribution >= 0.6 is 27.5 Å². The van der Waals surface area contributed by atoms with Crippen LogP contribution in [-0.2, 0) is 7.05 Å². The summed E-state index contributed by atoms with van der Waals surface area (Å²) < 4.78 is 29.7. The van der Waals surface area contributed by atoms with Crippen LogP contribution < -0.4 is 4.90 Å². The molecule has 1 aliphatic heterocycles. The summed E-state index contributed by atoms with van der Waals surface area (Å²) in [6, 6.07) is 3.38. The number of halogens is 4. The predicted molar refractivity (Wildman–Crippen MR) is 83.1 cm³/mol. The molecule has 0 atom stereocenters. The molecule has 0 saturated carbocycles. The number of rotatable bonds is 2. The normalized spacial score (nSPS) is 14.8. The number of aryl methyl sites for hydroxylation is 1. The first-order valence-corrected chi connectivity index (χ1v) is 7.60. The number of anilines is 1. The standard InChI is InChI=1S/C14H10BrClF2N4/c1-21-14(9(15)4-20-21)12-8(3-19)11(2-10(16)13(12)18)22-5-7(17)6-22/h2,4,7H,5-6H2,1H3. The zero-order valence-corrected chi connectivity index (χ0v) is 13.8. The number of aromatic nitrogens is 2. The first-order valence-electron chi connectivity index (χ1n) is 6.43. The molecule has 0 bridgehead atoms. The number of alkyl halides is 1. The van der Waals surface area contributed by atoms with Gasteiger partial charge in [-0.05, 0) is 22.0 Å². The van der Waals surface area contributed by atoms with Crippen molar-refractivity contribution in [3.05, 3.63) is 33.1 Å². The molecular formula is C14H10BrClF2N4. The first-order chi connectivity index (χ1) is 10.4. The maximum absolute atomic E-state index is 14.6. The molecule has 2 heterocycles. The van der Waals surface area contributed by atoms with Gasteiger partial charge in [0, 0.05) is 7.05 Å². The van der Waals surface area contributed by atoms with E-state index in [2.05, 4.69) is 21.0 Å². The van der Waals surface area contributed by atoms with Gasteiger partial charge in [0.25, 0.3) is 0 Å². The lowest BCUT2D eigenvalue weighted by molar-refractivity contribution is 0.275. The number of hydrogen-bond donors (Lipinski definition) is 0. The van der Waals surface area contributed by atoms with E-state index in [-0.39, 0.29) is 29.2 Å². The fraction of sp³-hybridized carbons (Fsp3) is 0.286. The van der Waals surface area contributed by atoms with Crippen molar-refractivity contribution in [2.24, 2.45) is 7.05 Å². The third-order valence-electron chi connectivity index (χ3n) is 3.62. The van der Waals surface area contributed by atoms with Crippen LogP contribution in [0, 0.1) is 17.1 Å². The molecule has 3 rings (SSSR count). The predicted octanol–water partition coefficient (Wildman–Crippen LogP) is 3.67. The van der Waals surface area contributed by atoms with Crippen LogP contribution in [0.1, 0.15) is 5.56 Å². The Kier molecular flexibility index (Phi) is 3.83. The molecule has 1 aromatic carbocycles. The highest BCUT2D eigenvalue weighted by Gasteiger charge is 2.32. The van der Waals surface area contributed by atoms with Gasteiger partial charge < -0.3 is 4.90 Å². The smallest absolute Gasteiger partial charge is 0.152 e. The number of nitriles is 1. The third-order valence-corrected chi connectivity index (χ3v) is 4.47. The summed E-state index contributed by atoms with van der Waals surface area (Å²) in [7, 11) is 1.64. The van der Waals surface area contributed by atoms with E-state index in [1.807, 2.05) is 6.07 Å². The van der Waals surface area contributed by atoms with Gasteiger partial charge in [-0.2, -0.15) is 10.4 Å². The maximum Gasteiger partial charge on any atom is 0.152 e. The summed E-state index contributed by atoms with van der Waals surface area (Å²) in [5, 5.41) is 13.4. The van der Waals surface area contributed by atoms with Gasteiger partial charge in [0.15, 0.2) is 5.82 Å². The van der Waals surface area contributed by atoms with Gasteiger partial charge in [-0.15, -0.1) is 0 Å². The average molecular weight is 388 g/mol. The average Bonchev–Trinajstić information content (AvgIpc) is 2.77. The van der Waals surface area contributed by atoms with Crippen molar-refractivity contribution in [1.82, 2.24) is 9.78 Å². The molecular weight excluding hydrogens is 378 g/mol. The summed E-state index contributed by atoms with van der Waals surface area (Å²) in [6.07, 6.45) is 0.569. The van der Waals surface area contributed by atoms with E-state index in [9.17, 15) is 14.0 Å². The van der Waals surface area contributed by atoms with E-state index in [0.29, 0.717) is 15.9 Å². The van der Waals surface area contributed by atoms with Crippen molar-refractivity contribution in [3.63, 3.8) is 0 Å². The molecule has 114 valence electrons. The van der Waals surface area contributed by atoms with Crippen LogP contribution in [0.3, 0.4) is 0 Å². The summed E-state index contributed by atoms with van der Waals surface area (Å²) in [5.74, 6) is -0.691. The Morgan fingerprint density at radius 1 is 1.50 bits per heavy atom. The molecule has 0 amide bonds. The Hall–Kier alpha value is -1.65. The second-order valence-electron chi connectivity index (χ2n) is 5.02. The van der Waals surface area contributed by atoms with Gasteiger partial charge in [-0.1, -0.05) is 11.6 Å². The Morgan fingerprint density at radius 3 is 2.68 bits per heavy atom. The molecule has 4 nitrogen and oxygen atoms in total. The molecule has 0 N–H and O–H groups in total. The topological polar surface area (TPSA) is 44.9 Å². The summed E-state index contributed by atoms with van der Waals surface area (Å²) in [4.78, 5) is 1.67. The van der Waals surface area contributed by atoms with Gasteiger partial charge in [-0.25, -0.2) is 8.78 Å². The van der Waals surface area contributed by atoms with Crippen LogP contribution in [0.4, 0.5) is 14.5 Å². The van der Waals surface area contributed by atoms with Crippen molar-refractivity contribution >= 4 is 33.2 Å². The Bertz CT molecular complexity index is 774. The molecule has 22 heavy (non-hydrogen) atoms. The molecule has 0 radical (unpaired) electrons. The molecule has 1 aromatic heterocycles. The van der Waals surface area contributed by atoms with E-state index in [0.717, 1.165) is 0 Å². The Labute approximate surface area is 139 Å². The van der Waals surface area contributed by atoms with E-state index in [1.54, 1.807) is 11.9 Å². The van der Waals surface area contributed by atoms with Crippen molar-refractivity contribution < 1.29 is 8.78 Å². The van der Waals surface area contributed by atoms with E-state index < -0.39 is 12.0 Å². The minimum Gasteiger partial charge on any atom is -0.364 e. The van der Waals surface area contributed by atoms with Gasteiger partial charge in [0.05, 0.1) is 51.3 Å². The third kappa shape index (κ3) is 2.27. The minimum atomic E-state index is -0.942. The van der Waals surface area contributed by atoms with Crippen LogP contribution in [0.2, 0.25) is 5.02 Å². The summed E-state index contributed by atoms with van der Waals surface area (Å²) >= 11 is 9.28. The maximum atomic E-state index is 14.6. The highest BCUT2D eigenvalue weighted by Crippen LogP contribution is 2.41. The molecule has 8 heteroatoms. The molecule has 1 fully saturated rings. The van der Waals surface area contributed by atoms with E-state index >= 15 is 0 Å². The van der Waals surface area contributed by atoms with Gasteiger partial charge in [0.2, 0.25) is 0 Å². The van der Waals surface area contributed by atoms with E-state index in [4.69, 9.17) is 11.6 Å². The van der Waals surface area contributed by atoms with Gasteiger partial charge >= 0.3 is 0 Å². The molecule has 2 aromatic rings. The Balaban J connectivity index is 2.27. The Morgan fingerprint density at radius 2 is 2.18 bits per heavy atom. The quantitative estimate of drug-likeness (QED) is 0.790. The van der Waals surface area contributed by atoms with Crippen LogP contribution in [0.5, 0.6) is 0 Å². The molecule has 1 aliphatic rings. The second kappa shape index (κ2) is 5.52. The fourth-order valence-corrected chi connectivity index (χ4v) is 3.26. The van der Waals surface area contributed by atoms with Crippen LogP contribution in [-0.4, -0.2) is 29.0 Å².